The van der Waals surface area contributed by atoms with Crippen molar-refractivity contribution in [2.75, 3.05) is 54.1 Å². The predicted molar refractivity (Wildman–Crippen MR) is 98.7 cm³/mol. The van der Waals surface area contributed by atoms with Crippen LogP contribution in [0.15, 0.2) is 23.2 Å². The molecule has 6 nitrogen and oxygen atoms in total. The molecule has 3 rings (SSSR count). The fraction of sp³-hybridized carbons (Fsp3) is 0.632. The molecule has 0 radical (unpaired) electrons. The van der Waals surface area contributed by atoms with Crippen molar-refractivity contribution in [3.63, 3.8) is 0 Å². The average molecular weight is 347 g/mol. The summed E-state index contributed by atoms with van der Waals surface area (Å²) in [5, 5.41) is 3.49. The summed E-state index contributed by atoms with van der Waals surface area (Å²) in [5.74, 6) is 2.72. The van der Waals surface area contributed by atoms with E-state index in [0.717, 1.165) is 62.3 Å². The van der Waals surface area contributed by atoms with Gasteiger partial charge in [0.1, 0.15) is 11.5 Å². The molecular formula is C19H29N3O3. The van der Waals surface area contributed by atoms with Gasteiger partial charge >= 0.3 is 0 Å². The molecule has 1 aromatic rings. The molecule has 2 aliphatic rings. The summed E-state index contributed by atoms with van der Waals surface area (Å²) in [6.45, 7) is 4.67. The second-order valence-electron chi connectivity index (χ2n) is 6.88. The van der Waals surface area contributed by atoms with Crippen LogP contribution in [0.2, 0.25) is 0 Å². The summed E-state index contributed by atoms with van der Waals surface area (Å²) in [6, 6.07) is 5.90. The number of guanidine groups is 1. The number of ether oxygens (including phenoxy) is 3. The van der Waals surface area contributed by atoms with Crippen molar-refractivity contribution in [1.29, 1.82) is 0 Å². The van der Waals surface area contributed by atoms with Gasteiger partial charge in [-0.1, -0.05) is 0 Å². The Hall–Kier alpha value is -1.95. The van der Waals surface area contributed by atoms with Crippen molar-refractivity contribution in [3.8, 4) is 11.5 Å². The average Bonchev–Trinajstić information content (AvgIpc) is 3.28. The number of hydrogen-bond donors (Lipinski definition) is 1. The van der Waals surface area contributed by atoms with Crippen LogP contribution in [0.25, 0.3) is 0 Å². The second kappa shape index (κ2) is 7.95. The van der Waals surface area contributed by atoms with E-state index in [1.807, 2.05) is 25.2 Å². The maximum atomic E-state index is 5.62. The third-order valence-corrected chi connectivity index (χ3v) is 5.30. The number of likely N-dealkylation sites (tertiary alicyclic amines) is 1. The van der Waals surface area contributed by atoms with Gasteiger partial charge in [0.05, 0.1) is 20.8 Å². The molecule has 138 valence electrons. The quantitative estimate of drug-likeness (QED) is 0.652. The molecule has 2 heterocycles. The van der Waals surface area contributed by atoms with E-state index in [9.17, 15) is 0 Å². The first kappa shape index (κ1) is 17.9. The number of aliphatic imine (C=N–C) groups is 1. The molecule has 1 unspecified atom stereocenters. The Bertz CT molecular complexity index is 612. The highest BCUT2D eigenvalue weighted by molar-refractivity contribution is 5.80. The minimum atomic E-state index is 0.341. The summed E-state index contributed by atoms with van der Waals surface area (Å²) >= 11 is 0. The monoisotopic (exact) mass is 347 g/mol. The Balaban J connectivity index is 1.56. The minimum Gasteiger partial charge on any atom is -0.497 e. The molecule has 0 amide bonds. The lowest BCUT2D eigenvalue weighted by Gasteiger charge is -2.25. The van der Waals surface area contributed by atoms with Crippen molar-refractivity contribution in [2.45, 2.75) is 19.3 Å². The zero-order chi connectivity index (χ0) is 17.7. The van der Waals surface area contributed by atoms with Gasteiger partial charge in [-0.3, -0.25) is 4.99 Å². The largest absolute Gasteiger partial charge is 0.497 e. The molecule has 25 heavy (non-hydrogen) atoms. The molecule has 2 fully saturated rings. The third-order valence-electron chi connectivity index (χ3n) is 5.30. The van der Waals surface area contributed by atoms with E-state index in [0.29, 0.717) is 5.41 Å². The predicted octanol–water partition coefficient (Wildman–Crippen LogP) is 1.93. The number of rotatable bonds is 5. The normalized spacial score (nSPS) is 23.3. The van der Waals surface area contributed by atoms with Crippen molar-refractivity contribution >= 4 is 5.96 Å². The Labute approximate surface area is 150 Å². The molecule has 0 aromatic heterocycles. The van der Waals surface area contributed by atoms with E-state index in [2.05, 4.69) is 15.2 Å². The summed E-state index contributed by atoms with van der Waals surface area (Å²) in [4.78, 5) is 6.83. The lowest BCUT2D eigenvalue weighted by Crippen LogP contribution is -2.42. The zero-order valence-electron chi connectivity index (χ0n) is 15.5. The molecule has 2 saturated heterocycles. The molecule has 6 heteroatoms. The maximum absolute atomic E-state index is 5.62. The van der Waals surface area contributed by atoms with Crippen LogP contribution in [-0.4, -0.2) is 65.0 Å². The molecular weight excluding hydrogens is 318 g/mol. The van der Waals surface area contributed by atoms with Crippen LogP contribution < -0.4 is 14.8 Å². The Morgan fingerprint density at radius 3 is 2.88 bits per heavy atom. The second-order valence-corrected chi connectivity index (χ2v) is 6.88. The molecule has 0 bridgehead atoms. The number of nitrogens with zero attached hydrogens (tertiary/aromatic N) is 2. The SMILES string of the molecule is CN=C(NCCc1cc(OC)ccc1OC)N1CCC2(CCOC2)C1. The Morgan fingerprint density at radius 1 is 1.32 bits per heavy atom. The molecule has 1 aromatic carbocycles. The molecule has 0 saturated carbocycles. The van der Waals surface area contributed by atoms with Gasteiger partial charge in [-0.05, 0) is 43.0 Å². The van der Waals surface area contributed by atoms with Crippen molar-refractivity contribution in [1.82, 2.24) is 10.2 Å². The van der Waals surface area contributed by atoms with Crippen LogP contribution >= 0.6 is 0 Å². The van der Waals surface area contributed by atoms with Gasteiger partial charge in [0.2, 0.25) is 0 Å². The van der Waals surface area contributed by atoms with E-state index in [-0.39, 0.29) is 0 Å². The molecule has 1 spiro atoms. The van der Waals surface area contributed by atoms with E-state index < -0.39 is 0 Å². The first-order chi connectivity index (χ1) is 12.2. The van der Waals surface area contributed by atoms with Gasteiger partial charge in [0.15, 0.2) is 5.96 Å². The molecule has 0 aliphatic carbocycles. The number of methoxy groups -OCH3 is 2. The first-order valence-electron chi connectivity index (χ1n) is 8.94. The molecule has 2 aliphatic heterocycles. The van der Waals surface area contributed by atoms with Gasteiger partial charge in [0.25, 0.3) is 0 Å². The van der Waals surface area contributed by atoms with Crippen LogP contribution in [0.5, 0.6) is 11.5 Å². The highest BCUT2D eigenvalue weighted by atomic mass is 16.5. The van der Waals surface area contributed by atoms with E-state index >= 15 is 0 Å². The first-order valence-corrected chi connectivity index (χ1v) is 8.94. The lowest BCUT2D eigenvalue weighted by atomic mass is 9.87. The van der Waals surface area contributed by atoms with Gasteiger partial charge < -0.3 is 24.4 Å². The maximum Gasteiger partial charge on any atom is 0.193 e. The van der Waals surface area contributed by atoms with Gasteiger partial charge in [0, 0.05) is 38.7 Å². The highest BCUT2D eigenvalue weighted by Gasteiger charge is 2.42. The van der Waals surface area contributed by atoms with E-state index in [1.54, 1.807) is 14.2 Å². The Morgan fingerprint density at radius 2 is 2.20 bits per heavy atom. The zero-order valence-corrected chi connectivity index (χ0v) is 15.5. The fourth-order valence-electron chi connectivity index (χ4n) is 3.81. The molecule has 1 atom stereocenters. The fourth-order valence-corrected chi connectivity index (χ4v) is 3.81. The summed E-state index contributed by atoms with van der Waals surface area (Å²) < 4.78 is 16.4. The highest BCUT2D eigenvalue weighted by Crippen LogP contribution is 2.38. The minimum absolute atomic E-state index is 0.341. The summed E-state index contributed by atoms with van der Waals surface area (Å²) in [7, 11) is 5.23. The molecule has 1 N–H and O–H groups in total. The third kappa shape index (κ3) is 4.00. The van der Waals surface area contributed by atoms with E-state index in [4.69, 9.17) is 14.2 Å². The number of nitrogens with one attached hydrogen (secondary N) is 1. The smallest absolute Gasteiger partial charge is 0.193 e. The van der Waals surface area contributed by atoms with Gasteiger partial charge in [-0.15, -0.1) is 0 Å². The van der Waals surface area contributed by atoms with Crippen molar-refractivity contribution in [2.24, 2.45) is 10.4 Å². The van der Waals surface area contributed by atoms with Crippen LogP contribution in [0.4, 0.5) is 0 Å². The van der Waals surface area contributed by atoms with Crippen LogP contribution in [-0.2, 0) is 11.2 Å². The van der Waals surface area contributed by atoms with Gasteiger partial charge in [-0.25, -0.2) is 0 Å². The topological polar surface area (TPSA) is 55.3 Å². The number of benzene rings is 1. The summed E-state index contributed by atoms with van der Waals surface area (Å²) in [5.41, 5.74) is 1.47. The Kier molecular flexibility index (Phi) is 5.68. The van der Waals surface area contributed by atoms with Gasteiger partial charge in [-0.2, -0.15) is 0 Å². The van der Waals surface area contributed by atoms with E-state index in [1.165, 1.54) is 12.8 Å². The van der Waals surface area contributed by atoms with Crippen LogP contribution in [0.1, 0.15) is 18.4 Å². The lowest BCUT2D eigenvalue weighted by molar-refractivity contribution is 0.156. The van der Waals surface area contributed by atoms with Crippen molar-refractivity contribution < 1.29 is 14.2 Å². The summed E-state index contributed by atoms with van der Waals surface area (Å²) in [6.07, 6.45) is 3.21. The van der Waals surface area contributed by atoms with Crippen LogP contribution in [0, 0.1) is 5.41 Å². The van der Waals surface area contributed by atoms with Crippen molar-refractivity contribution in [3.05, 3.63) is 23.8 Å². The van der Waals surface area contributed by atoms with Crippen LogP contribution in [0.3, 0.4) is 0 Å². The standard InChI is InChI=1S/C19H29N3O3/c1-20-18(22-10-7-19(13-22)8-11-25-14-19)21-9-6-15-12-16(23-2)4-5-17(15)24-3/h4-5,12H,6-11,13-14H2,1-3H3,(H,20,21). The number of hydrogen-bond acceptors (Lipinski definition) is 4.